The topological polar surface area (TPSA) is 119 Å². The summed E-state index contributed by atoms with van der Waals surface area (Å²) in [5.41, 5.74) is 4.65. The Labute approximate surface area is 73.8 Å². The van der Waals surface area contributed by atoms with Gasteiger partial charge in [0.25, 0.3) is 0 Å². The van der Waals surface area contributed by atoms with Gasteiger partial charge in [0.1, 0.15) is 0 Å². The Morgan fingerprint density at radius 2 is 1.92 bits per heavy atom. The molecule has 0 aliphatic carbocycles. The average molecular weight is 190 g/mol. The molecule has 0 atom stereocenters. The number of amides is 3. The van der Waals surface area contributed by atoms with E-state index < -0.39 is 17.9 Å². The van der Waals surface area contributed by atoms with Gasteiger partial charge in [-0.25, -0.2) is 9.59 Å². The standard InChI is InChI=1S/C6H10N2O5/c7-6(11)8-4(9)2-1-3-5(10)13-12/h12H,1-3H2,(H3,7,8,9,11). The van der Waals surface area contributed by atoms with Crippen molar-refractivity contribution >= 4 is 17.9 Å². The summed E-state index contributed by atoms with van der Waals surface area (Å²) >= 11 is 0. The smallest absolute Gasteiger partial charge is 0.342 e. The van der Waals surface area contributed by atoms with Crippen LogP contribution >= 0.6 is 0 Å². The zero-order chi connectivity index (χ0) is 10.3. The van der Waals surface area contributed by atoms with Crippen LogP contribution in [0, 0.1) is 0 Å². The molecule has 0 aromatic carbocycles. The lowest BCUT2D eigenvalue weighted by atomic mass is 10.2. The van der Waals surface area contributed by atoms with Gasteiger partial charge >= 0.3 is 12.0 Å². The van der Waals surface area contributed by atoms with Crippen LogP contribution in [0.4, 0.5) is 4.79 Å². The molecule has 0 saturated heterocycles. The Morgan fingerprint density at radius 1 is 1.31 bits per heavy atom. The summed E-state index contributed by atoms with van der Waals surface area (Å²) in [7, 11) is 0. The largest absolute Gasteiger partial charge is 0.351 e. The predicted molar refractivity (Wildman–Crippen MR) is 40.3 cm³/mol. The first-order valence-electron chi connectivity index (χ1n) is 3.49. The summed E-state index contributed by atoms with van der Waals surface area (Å²) in [4.78, 5) is 34.5. The van der Waals surface area contributed by atoms with Crippen LogP contribution in [0.15, 0.2) is 0 Å². The van der Waals surface area contributed by atoms with Crippen molar-refractivity contribution in [1.29, 1.82) is 0 Å². The minimum absolute atomic E-state index is 0.0297. The fraction of sp³-hybridized carbons (Fsp3) is 0.500. The molecule has 0 unspecified atom stereocenters. The van der Waals surface area contributed by atoms with Gasteiger partial charge in [-0.05, 0) is 6.42 Å². The highest BCUT2D eigenvalue weighted by Crippen LogP contribution is 1.96. The second kappa shape index (κ2) is 5.95. The third kappa shape index (κ3) is 6.76. The second-order valence-corrected chi connectivity index (χ2v) is 2.23. The van der Waals surface area contributed by atoms with Crippen LogP contribution in [-0.2, 0) is 14.5 Å². The van der Waals surface area contributed by atoms with Crippen molar-refractivity contribution in [2.45, 2.75) is 19.3 Å². The van der Waals surface area contributed by atoms with Gasteiger partial charge in [0.05, 0.1) is 0 Å². The van der Waals surface area contributed by atoms with Gasteiger partial charge in [0.15, 0.2) is 0 Å². The van der Waals surface area contributed by atoms with Crippen molar-refractivity contribution < 1.29 is 24.5 Å². The number of nitrogens with one attached hydrogen (secondary N) is 1. The third-order valence-electron chi connectivity index (χ3n) is 1.15. The Balaban J connectivity index is 3.48. The maximum atomic E-state index is 10.7. The fourth-order valence-electron chi connectivity index (χ4n) is 0.639. The summed E-state index contributed by atoms with van der Waals surface area (Å²) in [6.45, 7) is 0. The van der Waals surface area contributed by atoms with Crippen molar-refractivity contribution in [3.63, 3.8) is 0 Å². The lowest BCUT2D eigenvalue weighted by Crippen LogP contribution is -2.34. The lowest BCUT2D eigenvalue weighted by molar-refractivity contribution is -0.234. The van der Waals surface area contributed by atoms with E-state index in [4.69, 9.17) is 5.26 Å². The number of primary amides is 1. The predicted octanol–water partition coefficient (Wildman–Crippen LogP) is -0.632. The summed E-state index contributed by atoms with van der Waals surface area (Å²) in [5, 5.41) is 9.64. The van der Waals surface area contributed by atoms with Crippen LogP contribution in [0.25, 0.3) is 0 Å². The van der Waals surface area contributed by atoms with E-state index >= 15 is 0 Å². The van der Waals surface area contributed by atoms with Gasteiger partial charge in [-0.15, -0.1) is 0 Å². The molecule has 3 amide bonds. The number of hydrogen-bond acceptors (Lipinski definition) is 5. The zero-order valence-electron chi connectivity index (χ0n) is 6.78. The number of carbonyl (C=O) groups is 3. The van der Waals surface area contributed by atoms with E-state index in [9.17, 15) is 14.4 Å². The minimum atomic E-state index is -0.935. The van der Waals surface area contributed by atoms with E-state index in [1.807, 2.05) is 5.32 Å². The van der Waals surface area contributed by atoms with Crippen molar-refractivity contribution in [2.75, 3.05) is 0 Å². The summed E-state index contributed by atoms with van der Waals surface area (Å²) in [5.74, 6) is -1.40. The molecule has 74 valence electrons. The summed E-state index contributed by atoms with van der Waals surface area (Å²) in [6, 6.07) is -0.935. The van der Waals surface area contributed by atoms with Crippen LogP contribution < -0.4 is 11.1 Å². The molecule has 0 rings (SSSR count). The van der Waals surface area contributed by atoms with E-state index in [0.29, 0.717) is 0 Å². The van der Waals surface area contributed by atoms with E-state index in [1.165, 1.54) is 0 Å². The number of nitrogens with two attached hydrogens (primary N) is 1. The molecule has 0 aliphatic rings. The highest BCUT2D eigenvalue weighted by atomic mass is 17.1. The van der Waals surface area contributed by atoms with Crippen LogP contribution in [-0.4, -0.2) is 23.2 Å². The van der Waals surface area contributed by atoms with Crippen molar-refractivity contribution in [3.05, 3.63) is 0 Å². The number of urea groups is 1. The Morgan fingerprint density at radius 3 is 2.38 bits per heavy atom. The molecule has 0 bridgehead atoms. The summed E-state index contributed by atoms with van der Waals surface area (Å²) in [6.07, 6.45) is 0.0548. The Kier molecular flexibility index (Phi) is 5.20. The molecule has 4 N–H and O–H groups in total. The first-order valence-corrected chi connectivity index (χ1v) is 3.49. The SMILES string of the molecule is NC(=O)NC(=O)CCCC(=O)OO. The van der Waals surface area contributed by atoms with E-state index in [0.717, 1.165) is 0 Å². The molecule has 0 saturated carbocycles. The number of carbonyl (C=O) groups excluding carboxylic acids is 3. The van der Waals surface area contributed by atoms with E-state index in [1.54, 1.807) is 0 Å². The Hall–Kier alpha value is -1.63. The molecule has 0 aromatic rings. The van der Waals surface area contributed by atoms with Gasteiger partial charge in [0.2, 0.25) is 5.91 Å². The highest BCUT2D eigenvalue weighted by molar-refractivity contribution is 5.93. The maximum absolute atomic E-state index is 10.7. The van der Waals surface area contributed by atoms with Gasteiger partial charge in [-0.1, -0.05) is 0 Å². The number of hydrogen-bond donors (Lipinski definition) is 3. The average Bonchev–Trinajstić information content (AvgIpc) is 2.02. The quantitative estimate of drug-likeness (QED) is 0.402. The zero-order valence-corrected chi connectivity index (χ0v) is 6.78. The molecule has 0 heterocycles. The van der Waals surface area contributed by atoms with Gasteiger partial charge < -0.3 is 10.6 Å². The van der Waals surface area contributed by atoms with Crippen molar-refractivity contribution in [3.8, 4) is 0 Å². The molecule has 7 heteroatoms. The Bertz CT molecular complexity index is 215. The number of imide groups is 1. The highest BCUT2D eigenvalue weighted by Gasteiger charge is 2.06. The first kappa shape index (κ1) is 11.4. The molecule has 0 radical (unpaired) electrons. The molecular formula is C6H10N2O5. The molecule has 13 heavy (non-hydrogen) atoms. The molecule has 7 nitrogen and oxygen atoms in total. The molecule has 0 fully saturated rings. The molecule has 0 spiro atoms. The molecule has 0 aliphatic heterocycles. The van der Waals surface area contributed by atoms with E-state index in [-0.39, 0.29) is 19.3 Å². The van der Waals surface area contributed by atoms with Gasteiger partial charge in [0, 0.05) is 12.8 Å². The number of rotatable bonds is 4. The molecule has 0 aromatic heterocycles. The van der Waals surface area contributed by atoms with Gasteiger partial charge in [-0.3, -0.25) is 10.1 Å². The fourth-order valence-corrected chi connectivity index (χ4v) is 0.639. The monoisotopic (exact) mass is 190 g/mol. The third-order valence-corrected chi connectivity index (χ3v) is 1.15. The molecular weight excluding hydrogens is 180 g/mol. The van der Waals surface area contributed by atoms with E-state index in [2.05, 4.69) is 10.6 Å². The van der Waals surface area contributed by atoms with Gasteiger partial charge in [-0.2, -0.15) is 5.26 Å². The normalized spacial score (nSPS) is 9.00. The van der Waals surface area contributed by atoms with Crippen molar-refractivity contribution in [2.24, 2.45) is 5.73 Å². The first-order chi connectivity index (χ1) is 6.06. The lowest BCUT2D eigenvalue weighted by Gasteiger charge is -1.98. The second-order valence-electron chi connectivity index (χ2n) is 2.23. The summed E-state index contributed by atoms with van der Waals surface area (Å²) < 4.78 is 0. The maximum Gasteiger partial charge on any atom is 0.342 e. The van der Waals surface area contributed by atoms with Crippen LogP contribution in [0.5, 0.6) is 0 Å². The van der Waals surface area contributed by atoms with Crippen LogP contribution in [0.1, 0.15) is 19.3 Å². The van der Waals surface area contributed by atoms with Crippen LogP contribution in [0.3, 0.4) is 0 Å². The minimum Gasteiger partial charge on any atom is -0.351 e. The van der Waals surface area contributed by atoms with Crippen molar-refractivity contribution in [1.82, 2.24) is 5.32 Å². The van der Waals surface area contributed by atoms with Crippen LogP contribution in [0.2, 0.25) is 0 Å².